The van der Waals surface area contributed by atoms with Crippen molar-refractivity contribution in [1.82, 2.24) is 10.3 Å². The fourth-order valence-electron chi connectivity index (χ4n) is 1.92. The van der Waals surface area contributed by atoms with Gasteiger partial charge in [0.2, 0.25) is 0 Å². The van der Waals surface area contributed by atoms with Gasteiger partial charge in [-0.25, -0.2) is 4.98 Å². The van der Waals surface area contributed by atoms with Gasteiger partial charge in [0.1, 0.15) is 11.4 Å². The third-order valence-electron chi connectivity index (χ3n) is 3.04. The van der Waals surface area contributed by atoms with Crippen LogP contribution in [0.3, 0.4) is 0 Å². The molecule has 0 bridgehead atoms. The molecule has 92 valence electrons. The molecule has 0 radical (unpaired) electrons. The Morgan fingerprint density at radius 3 is 2.89 bits per heavy atom. The zero-order valence-electron chi connectivity index (χ0n) is 10.1. The number of fused-ring (bicyclic) bond motifs is 1. The standard InChI is InChI=1S/C14H14N2O2/c1-18-13-8-12(14(17)15-9-6-7-9)16-11-5-3-2-4-10(11)13/h2-5,8-9H,6-7H2,1H3,(H,15,17). The smallest absolute Gasteiger partial charge is 0.270 e. The van der Waals surface area contributed by atoms with Crippen molar-refractivity contribution in [3.05, 3.63) is 36.0 Å². The van der Waals surface area contributed by atoms with Gasteiger partial charge in [0.15, 0.2) is 0 Å². The Labute approximate surface area is 105 Å². The number of aromatic nitrogens is 1. The second-order valence-corrected chi connectivity index (χ2v) is 4.47. The second kappa shape index (κ2) is 4.29. The number of benzene rings is 1. The van der Waals surface area contributed by atoms with Gasteiger partial charge in [-0.15, -0.1) is 0 Å². The van der Waals surface area contributed by atoms with Gasteiger partial charge in [-0.1, -0.05) is 12.1 Å². The summed E-state index contributed by atoms with van der Waals surface area (Å²) >= 11 is 0. The lowest BCUT2D eigenvalue weighted by Crippen LogP contribution is -2.26. The van der Waals surface area contributed by atoms with E-state index in [1.165, 1.54) is 0 Å². The SMILES string of the molecule is COc1cc(C(=O)NC2CC2)nc2ccccc12. The van der Waals surface area contributed by atoms with E-state index in [2.05, 4.69) is 10.3 Å². The molecule has 4 nitrogen and oxygen atoms in total. The molecular weight excluding hydrogens is 228 g/mol. The van der Waals surface area contributed by atoms with E-state index in [-0.39, 0.29) is 5.91 Å². The van der Waals surface area contributed by atoms with Crippen LogP contribution in [0.15, 0.2) is 30.3 Å². The summed E-state index contributed by atoms with van der Waals surface area (Å²) in [6.07, 6.45) is 2.13. The fourth-order valence-corrected chi connectivity index (χ4v) is 1.92. The van der Waals surface area contributed by atoms with Crippen LogP contribution < -0.4 is 10.1 Å². The van der Waals surface area contributed by atoms with E-state index < -0.39 is 0 Å². The molecule has 0 spiro atoms. The Morgan fingerprint density at radius 1 is 1.39 bits per heavy atom. The van der Waals surface area contributed by atoms with Gasteiger partial charge in [-0.05, 0) is 25.0 Å². The number of para-hydroxylation sites is 1. The molecular formula is C14H14N2O2. The van der Waals surface area contributed by atoms with Crippen molar-refractivity contribution in [2.45, 2.75) is 18.9 Å². The molecule has 1 aliphatic rings. The molecule has 0 unspecified atom stereocenters. The Balaban J connectivity index is 2.03. The topological polar surface area (TPSA) is 51.2 Å². The molecule has 0 atom stereocenters. The third-order valence-corrected chi connectivity index (χ3v) is 3.04. The minimum absolute atomic E-state index is 0.124. The van der Waals surface area contributed by atoms with E-state index >= 15 is 0 Å². The summed E-state index contributed by atoms with van der Waals surface area (Å²) < 4.78 is 5.32. The quantitative estimate of drug-likeness (QED) is 0.897. The van der Waals surface area contributed by atoms with Crippen LogP contribution in [0.2, 0.25) is 0 Å². The number of pyridine rings is 1. The molecule has 1 fully saturated rings. The first kappa shape index (κ1) is 11.0. The molecule has 1 heterocycles. The van der Waals surface area contributed by atoms with E-state index in [1.807, 2.05) is 24.3 Å². The summed E-state index contributed by atoms with van der Waals surface area (Å²) in [5, 5.41) is 3.85. The first-order chi connectivity index (χ1) is 8.78. The lowest BCUT2D eigenvalue weighted by Gasteiger charge is -2.08. The number of hydrogen-bond donors (Lipinski definition) is 1. The first-order valence-corrected chi connectivity index (χ1v) is 6.02. The zero-order valence-corrected chi connectivity index (χ0v) is 10.1. The van der Waals surface area contributed by atoms with Crippen LogP contribution in [-0.4, -0.2) is 24.0 Å². The lowest BCUT2D eigenvalue weighted by molar-refractivity contribution is 0.0946. The molecule has 1 amide bonds. The van der Waals surface area contributed by atoms with Crippen molar-refractivity contribution in [3.63, 3.8) is 0 Å². The molecule has 18 heavy (non-hydrogen) atoms. The number of carbonyl (C=O) groups is 1. The Kier molecular flexibility index (Phi) is 2.63. The van der Waals surface area contributed by atoms with Crippen molar-refractivity contribution in [2.24, 2.45) is 0 Å². The highest BCUT2D eigenvalue weighted by molar-refractivity contribution is 5.97. The maximum Gasteiger partial charge on any atom is 0.270 e. The third kappa shape index (κ3) is 2.01. The molecule has 1 aromatic heterocycles. The molecule has 0 aliphatic heterocycles. The maximum atomic E-state index is 12.0. The number of nitrogens with one attached hydrogen (secondary N) is 1. The zero-order chi connectivity index (χ0) is 12.5. The van der Waals surface area contributed by atoms with Gasteiger partial charge in [-0.3, -0.25) is 4.79 Å². The summed E-state index contributed by atoms with van der Waals surface area (Å²) in [6.45, 7) is 0. The number of hydrogen-bond acceptors (Lipinski definition) is 3. The number of carbonyl (C=O) groups excluding carboxylic acids is 1. The van der Waals surface area contributed by atoms with Crippen molar-refractivity contribution in [3.8, 4) is 5.75 Å². The minimum Gasteiger partial charge on any atom is -0.496 e. The molecule has 1 aromatic carbocycles. The summed E-state index contributed by atoms with van der Waals surface area (Å²) in [7, 11) is 1.60. The predicted molar refractivity (Wildman–Crippen MR) is 68.8 cm³/mol. The number of amides is 1. The van der Waals surface area contributed by atoms with Crippen LogP contribution in [-0.2, 0) is 0 Å². The molecule has 1 saturated carbocycles. The van der Waals surface area contributed by atoms with Gasteiger partial charge in [0, 0.05) is 17.5 Å². The van der Waals surface area contributed by atoms with Gasteiger partial charge < -0.3 is 10.1 Å². The first-order valence-electron chi connectivity index (χ1n) is 6.02. The van der Waals surface area contributed by atoms with Crippen LogP contribution in [0, 0.1) is 0 Å². The highest BCUT2D eigenvalue weighted by Crippen LogP contribution is 2.25. The molecule has 1 N–H and O–H groups in total. The van der Waals surface area contributed by atoms with Crippen molar-refractivity contribution in [2.75, 3.05) is 7.11 Å². The Morgan fingerprint density at radius 2 is 2.17 bits per heavy atom. The molecule has 4 heteroatoms. The van der Waals surface area contributed by atoms with Crippen LogP contribution in [0.25, 0.3) is 10.9 Å². The van der Waals surface area contributed by atoms with Gasteiger partial charge in [0.05, 0.1) is 12.6 Å². The van der Waals surface area contributed by atoms with Crippen molar-refractivity contribution < 1.29 is 9.53 Å². The van der Waals surface area contributed by atoms with Crippen LogP contribution >= 0.6 is 0 Å². The highest BCUT2D eigenvalue weighted by Gasteiger charge is 2.24. The van der Waals surface area contributed by atoms with Gasteiger partial charge in [0.25, 0.3) is 5.91 Å². The molecule has 0 saturated heterocycles. The molecule has 3 rings (SSSR count). The summed E-state index contributed by atoms with van der Waals surface area (Å²) in [5.74, 6) is 0.558. The van der Waals surface area contributed by atoms with Crippen LogP contribution in [0.4, 0.5) is 0 Å². The van der Waals surface area contributed by atoms with E-state index in [1.54, 1.807) is 13.2 Å². The van der Waals surface area contributed by atoms with E-state index in [0.29, 0.717) is 17.5 Å². The number of rotatable bonds is 3. The van der Waals surface area contributed by atoms with Crippen molar-refractivity contribution >= 4 is 16.8 Å². The molecule has 1 aliphatic carbocycles. The maximum absolute atomic E-state index is 12.0. The average Bonchev–Trinajstić information content (AvgIpc) is 3.21. The van der Waals surface area contributed by atoms with E-state index in [4.69, 9.17) is 4.74 Å². The lowest BCUT2D eigenvalue weighted by atomic mass is 10.2. The van der Waals surface area contributed by atoms with Crippen LogP contribution in [0.1, 0.15) is 23.3 Å². The predicted octanol–water partition coefficient (Wildman–Crippen LogP) is 2.14. The Bertz CT molecular complexity index is 606. The number of nitrogens with zero attached hydrogens (tertiary/aromatic N) is 1. The average molecular weight is 242 g/mol. The summed E-state index contributed by atoms with van der Waals surface area (Å²) in [4.78, 5) is 16.4. The van der Waals surface area contributed by atoms with Crippen molar-refractivity contribution in [1.29, 1.82) is 0 Å². The van der Waals surface area contributed by atoms with Crippen LogP contribution in [0.5, 0.6) is 5.75 Å². The van der Waals surface area contributed by atoms with Gasteiger partial charge >= 0.3 is 0 Å². The number of ether oxygens (including phenoxy) is 1. The number of methoxy groups -OCH3 is 1. The molecule has 2 aromatic rings. The minimum atomic E-state index is -0.124. The van der Waals surface area contributed by atoms with E-state index in [0.717, 1.165) is 23.7 Å². The fraction of sp³-hybridized carbons (Fsp3) is 0.286. The summed E-state index contributed by atoms with van der Waals surface area (Å²) in [6, 6.07) is 9.67. The largest absolute Gasteiger partial charge is 0.496 e. The second-order valence-electron chi connectivity index (χ2n) is 4.47. The Hall–Kier alpha value is -2.10. The normalized spacial score (nSPS) is 14.5. The highest BCUT2D eigenvalue weighted by atomic mass is 16.5. The van der Waals surface area contributed by atoms with E-state index in [9.17, 15) is 4.79 Å². The summed E-state index contributed by atoms with van der Waals surface area (Å²) in [5.41, 5.74) is 1.19. The monoisotopic (exact) mass is 242 g/mol. The van der Waals surface area contributed by atoms with Gasteiger partial charge in [-0.2, -0.15) is 0 Å².